The van der Waals surface area contributed by atoms with E-state index in [2.05, 4.69) is 12.1 Å². The number of ether oxygens (including phenoxy) is 1. The Bertz CT molecular complexity index is 847. The van der Waals surface area contributed by atoms with Crippen LogP contribution in [0.2, 0.25) is 0 Å². The van der Waals surface area contributed by atoms with Crippen LogP contribution in [-0.4, -0.2) is 12.9 Å². The van der Waals surface area contributed by atoms with E-state index in [-0.39, 0.29) is 5.78 Å². The molecule has 0 heterocycles. The van der Waals surface area contributed by atoms with Crippen molar-refractivity contribution in [3.05, 3.63) is 96.1 Å². The molecule has 3 aromatic rings. The van der Waals surface area contributed by atoms with Gasteiger partial charge >= 0.3 is 0 Å². The van der Waals surface area contributed by atoms with Gasteiger partial charge in [-0.15, -0.1) is 0 Å². The maximum Gasteiger partial charge on any atom is 0.185 e. The van der Waals surface area contributed by atoms with Crippen LogP contribution in [0.5, 0.6) is 5.75 Å². The number of methoxy groups -OCH3 is 1. The van der Waals surface area contributed by atoms with Gasteiger partial charge in [-0.25, -0.2) is 0 Å². The predicted octanol–water partition coefficient (Wildman–Crippen LogP) is 5.26. The largest absolute Gasteiger partial charge is 0.496 e. The Morgan fingerprint density at radius 2 is 1.42 bits per heavy atom. The Balaban J connectivity index is 1.77. The van der Waals surface area contributed by atoms with Crippen LogP contribution in [0.4, 0.5) is 0 Å². The monoisotopic (exact) mass is 314 g/mol. The van der Waals surface area contributed by atoms with Gasteiger partial charge in [-0.05, 0) is 29.3 Å². The normalized spacial score (nSPS) is 10.7. The summed E-state index contributed by atoms with van der Waals surface area (Å²) in [5.41, 5.74) is 3.79. The summed E-state index contributed by atoms with van der Waals surface area (Å²) in [6, 6.07) is 25.4. The van der Waals surface area contributed by atoms with E-state index >= 15 is 0 Å². The quantitative estimate of drug-likeness (QED) is 0.474. The predicted molar refractivity (Wildman–Crippen MR) is 98.2 cm³/mol. The molecule has 0 aliphatic heterocycles. The molecule has 0 N–H and O–H groups in total. The minimum absolute atomic E-state index is 0.0273. The summed E-state index contributed by atoms with van der Waals surface area (Å²) >= 11 is 0. The Hall–Kier alpha value is -3.13. The molecule has 0 saturated carbocycles. The molecule has 0 aliphatic rings. The van der Waals surface area contributed by atoms with E-state index in [9.17, 15) is 4.79 Å². The number of carbonyl (C=O) groups excluding carboxylic acids is 1. The summed E-state index contributed by atoms with van der Waals surface area (Å²) in [6.45, 7) is 0. The van der Waals surface area contributed by atoms with Crippen LogP contribution >= 0.6 is 0 Å². The van der Waals surface area contributed by atoms with E-state index in [4.69, 9.17) is 4.74 Å². The standard InChI is InChI=1S/C22H18O2/c1-24-22-10-6-5-9-20(22)15-16-21(23)19-13-11-18(12-14-19)17-7-3-2-4-8-17/h2-16H,1H3/b16-15+. The van der Waals surface area contributed by atoms with Gasteiger partial charge in [-0.3, -0.25) is 4.79 Å². The molecule has 0 bridgehead atoms. The van der Waals surface area contributed by atoms with Gasteiger partial charge in [-0.1, -0.05) is 72.8 Å². The first-order valence-corrected chi connectivity index (χ1v) is 7.79. The van der Waals surface area contributed by atoms with Crippen molar-refractivity contribution in [2.75, 3.05) is 7.11 Å². The molecule has 2 heteroatoms. The number of hydrogen-bond acceptors (Lipinski definition) is 2. The second kappa shape index (κ2) is 7.42. The first kappa shape index (κ1) is 15.8. The molecule has 0 amide bonds. The molecule has 0 aromatic heterocycles. The highest BCUT2D eigenvalue weighted by atomic mass is 16.5. The van der Waals surface area contributed by atoms with Crippen LogP contribution in [0, 0.1) is 0 Å². The highest BCUT2D eigenvalue weighted by Crippen LogP contribution is 2.21. The first-order chi connectivity index (χ1) is 11.8. The van der Waals surface area contributed by atoms with Crippen LogP contribution in [0.15, 0.2) is 84.9 Å². The smallest absolute Gasteiger partial charge is 0.185 e. The Morgan fingerprint density at radius 3 is 2.12 bits per heavy atom. The Morgan fingerprint density at radius 1 is 0.792 bits per heavy atom. The molecule has 2 nitrogen and oxygen atoms in total. The molecule has 0 radical (unpaired) electrons. The zero-order chi connectivity index (χ0) is 16.8. The fourth-order valence-corrected chi connectivity index (χ4v) is 2.52. The second-order valence-corrected chi connectivity index (χ2v) is 5.38. The number of ketones is 1. The lowest BCUT2D eigenvalue weighted by molar-refractivity contribution is 0.104. The number of benzene rings is 3. The topological polar surface area (TPSA) is 26.3 Å². The summed E-state index contributed by atoms with van der Waals surface area (Å²) in [5, 5.41) is 0. The molecule has 3 rings (SSSR count). The van der Waals surface area contributed by atoms with Crippen molar-refractivity contribution in [2.24, 2.45) is 0 Å². The van der Waals surface area contributed by atoms with E-state index in [1.54, 1.807) is 19.3 Å². The van der Waals surface area contributed by atoms with Crippen molar-refractivity contribution in [1.29, 1.82) is 0 Å². The van der Waals surface area contributed by atoms with Gasteiger partial charge in [0.25, 0.3) is 0 Å². The van der Waals surface area contributed by atoms with Crippen LogP contribution in [-0.2, 0) is 0 Å². The van der Waals surface area contributed by atoms with E-state index in [1.807, 2.05) is 66.7 Å². The van der Waals surface area contributed by atoms with E-state index in [1.165, 1.54) is 0 Å². The molecular formula is C22H18O2. The van der Waals surface area contributed by atoms with Gasteiger partial charge in [0.1, 0.15) is 5.75 Å². The fraction of sp³-hybridized carbons (Fsp3) is 0.0455. The minimum atomic E-state index is -0.0273. The van der Waals surface area contributed by atoms with Gasteiger partial charge in [0, 0.05) is 11.1 Å². The van der Waals surface area contributed by atoms with Crippen molar-refractivity contribution in [3.63, 3.8) is 0 Å². The molecule has 0 fully saturated rings. The molecular weight excluding hydrogens is 296 g/mol. The summed E-state index contributed by atoms with van der Waals surface area (Å²) in [6.07, 6.45) is 3.36. The van der Waals surface area contributed by atoms with Crippen molar-refractivity contribution in [2.45, 2.75) is 0 Å². The molecule has 0 atom stereocenters. The van der Waals surface area contributed by atoms with Crippen molar-refractivity contribution < 1.29 is 9.53 Å². The summed E-state index contributed by atoms with van der Waals surface area (Å²) < 4.78 is 5.29. The summed E-state index contributed by atoms with van der Waals surface area (Å²) in [5.74, 6) is 0.724. The molecule has 3 aromatic carbocycles. The average molecular weight is 314 g/mol. The fourth-order valence-electron chi connectivity index (χ4n) is 2.52. The third kappa shape index (κ3) is 3.61. The molecule has 0 unspecified atom stereocenters. The van der Waals surface area contributed by atoms with Crippen LogP contribution < -0.4 is 4.74 Å². The van der Waals surface area contributed by atoms with Gasteiger partial charge in [0.05, 0.1) is 7.11 Å². The van der Waals surface area contributed by atoms with Crippen molar-refractivity contribution in [1.82, 2.24) is 0 Å². The third-order valence-electron chi connectivity index (χ3n) is 3.83. The molecule has 0 saturated heterocycles. The highest BCUT2D eigenvalue weighted by Gasteiger charge is 2.04. The van der Waals surface area contributed by atoms with Crippen LogP contribution in [0.3, 0.4) is 0 Å². The second-order valence-electron chi connectivity index (χ2n) is 5.38. The maximum atomic E-state index is 12.3. The SMILES string of the molecule is COc1ccccc1/C=C/C(=O)c1ccc(-c2ccccc2)cc1. The first-order valence-electron chi connectivity index (χ1n) is 7.79. The summed E-state index contributed by atoms with van der Waals surface area (Å²) in [4.78, 5) is 12.3. The van der Waals surface area contributed by atoms with Gasteiger partial charge < -0.3 is 4.74 Å². The highest BCUT2D eigenvalue weighted by molar-refractivity contribution is 6.07. The van der Waals surface area contributed by atoms with Gasteiger partial charge in [0.15, 0.2) is 5.78 Å². The van der Waals surface area contributed by atoms with Crippen LogP contribution in [0.1, 0.15) is 15.9 Å². The molecule has 118 valence electrons. The number of carbonyl (C=O) groups is 1. The zero-order valence-electron chi connectivity index (χ0n) is 13.5. The number of rotatable bonds is 5. The van der Waals surface area contributed by atoms with E-state index in [0.29, 0.717) is 5.56 Å². The number of hydrogen-bond donors (Lipinski definition) is 0. The lowest BCUT2D eigenvalue weighted by Crippen LogP contribution is -1.94. The third-order valence-corrected chi connectivity index (χ3v) is 3.83. The molecule has 0 aliphatic carbocycles. The van der Waals surface area contributed by atoms with E-state index < -0.39 is 0 Å². The maximum absolute atomic E-state index is 12.3. The van der Waals surface area contributed by atoms with E-state index in [0.717, 1.165) is 22.4 Å². The Kier molecular flexibility index (Phi) is 4.87. The van der Waals surface area contributed by atoms with Gasteiger partial charge in [0.2, 0.25) is 0 Å². The van der Waals surface area contributed by atoms with Gasteiger partial charge in [-0.2, -0.15) is 0 Å². The van der Waals surface area contributed by atoms with Crippen molar-refractivity contribution >= 4 is 11.9 Å². The number of para-hydroxylation sites is 1. The lowest BCUT2D eigenvalue weighted by atomic mass is 10.0. The van der Waals surface area contributed by atoms with Crippen molar-refractivity contribution in [3.8, 4) is 16.9 Å². The molecule has 24 heavy (non-hydrogen) atoms. The number of allylic oxidation sites excluding steroid dienone is 1. The summed E-state index contributed by atoms with van der Waals surface area (Å²) in [7, 11) is 1.62. The van der Waals surface area contributed by atoms with Crippen LogP contribution in [0.25, 0.3) is 17.2 Å². The lowest BCUT2D eigenvalue weighted by Gasteiger charge is -2.04. The molecule has 0 spiro atoms. The Labute approximate surface area is 142 Å². The minimum Gasteiger partial charge on any atom is -0.496 e. The zero-order valence-corrected chi connectivity index (χ0v) is 13.5. The average Bonchev–Trinajstić information content (AvgIpc) is 2.67.